The fourth-order valence-electron chi connectivity index (χ4n) is 2.02. The lowest BCUT2D eigenvalue weighted by molar-refractivity contribution is -0.150. The maximum Gasteiger partial charge on any atom is 0.416 e. The molecular weight excluding hydrogens is 277 g/mol. The number of alkyl halides is 3. The van der Waals surface area contributed by atoms with Gasteiger partial charge in [0.15, 0.2) is 0 Å². The molecule has 8 heteroatoms. The zero-order chi connectivity index (χ0) is 15.0. The molecule has 0 saturated carbocycles. The first-order chi connectivity index (χ1) is 9.20. The van der Waals surface area contributed by atoms with Crippen molar-refractivity contribution < 1.29 is 27.8 Å². The second-order valence-corrected chi connectivity index (χ2v) is 4.89. The second-order valence-electron chi connectivity index (χ2n) is 4.89. The van der Waals surface area contributed by atoms with E-state index in [4.69, 9.17) is 9.84 Å². The van der Waals surface area contributed by atoms with Crippen LogP contribution in [-0.4, -0.2) is 41.4 Å². The third-order valence-electron chi connectivity index (χ3n) is 2.99. The highest BCUT2D eigenvalue weighted by atomic mass is 19.4. The second kappa shape index (κ2) is 4.93. The van der Waals surface area contributed by atoms with E-state index in [-0.39, 0.29) is 5.82 Å². The van der Waals surface area contributed by atoms with Gasteiger partial charge in [-0.15, -0.1) is 0 Å². The number of ether oxygens (including phenoxy) is 1. The first-order valence-corrected chi connectivity index (χ1v) is 5.84. The number of halogens is 3. The minimum absolute atomic E-state index is 0.205. The van der Waals surface area contributed by atoms with E-state index in [9.17, 15) is 18.0 Å². The van der Waals surface area contributed by atoms with E-state index in [0.717, 1.165) is 18.3 Å². The van der Waals surface area contributed by atoms with E-state index in [2.05, 4.69) is 4.98 Å². The molecule has 0 aliphatic carbocycles. The fourth-order valence-corrected chi connectivity index (χ4v) is 2.02. The number of nitrogens with zero attached hydrogens (tertiary/aromatic N) is 2. The van der Waals surface area contributed by atoms with Gasteiger partial charge in [-0.1, -0.05) is 0 Å². The molecule has 1 aromatic heterocycles. The standard InChI is InChI=1S/C12H13F3N2O3/c1-11(20-5-10(18)19)6-17(7-11)9-4-8(2-3-16-9)12(13,14)15/h2-4H,5-7H2,1H3,(H,18,19). The van der Waals surface area contributed by atoms with Crippen molar-refractivity contribution in [2.75, 3.05) is 24.6 Å². The Morgan fingerprint density at radius 1 is 1.55 bits per heavy atom. The summed E-state index contributed by atoms with van der Waals surface area (Å²) in [6, 6.07) is 1.88. The minimum Gasteiger partial charge on any atom is -0.480 e. The average molecular weight is 290 g/mol. The van der Waals surface area contributed by atoms with E-state index in [1.807, 2.05) is 0 Å². The summed E-state index contributed by atoms with van der Waals surface area (Å²) in [5.41, 5.74) is -1.43. The highest BCUT2D eigenvalue weighted by Crippen LogP contribution is 2.34. The van der Waals surface area contributed by atoms with Crippen LogP contribution in [0.3, 0.4) is 0 Å². The molecule has 5 nitrogen and oxygen atoms in total. The van der Waals surface area contributed by atoms with Crippen LogP contribution in [0.25, 0.3) is 0 Å². The van der Waals surface area contributed by atoms with Gasteiger partial charge in [0.25, 0.3) is 0 Å². The number of rotatable bonds is 4. The smallest absolute Gasteiger partial charge is 0.416 e. The summed E-state index contributed by atoms with van der Waals surface area (Å²) in [6.07, 6.45) is -3.31. The van der Waals surface area contributed by atoms with Crippen LogP contribution in [0.1, 0.15) is 12.5 Å². The van der Waals surface area contributed by atoms with Crippen molar-refractivity contribution in [3.8, 4) is 0 Å². The Balaban J connectivity index is 2.00. The number of aliphatic carboxylic acids is 1. The van der Waals surface area contributed by atoms with Gasteiger partial charge in [-0.25, -0.2) is 9.78 Å². The molecule has 110 valence electrons. The first-order valence-electron chi connectivity index (χ1n) is 5.84. The first kappa shape index (κ1) is 14.6. The summed E-state index contributed by atoms with van der Waals surface area (Å²) < 4.78 is 42.9. The Kier molecular flexibility index (Phi) is 3.59. The highest BCUT2D eigenvalue weighted by Gasteiger charge is 2.41. The minimum atomic E-state index is -4.41. The Hall–Kier alpha value is -1.83. The summed E-state index contributed by atoms with van der Waals surface area (Å²) in [7, 11) is 0. The Labute approximate surface area is 113 Å². The molecule has 1 saturated heterocycles. The summed E-state index contributed by atoms with van der Waals surface area (Å²) in [4.78, 5) is 15.9. The largest absolute Gasteiger partial charge is 0.480 e. The Morgan fingerprint density at radius 3 is 2.75 bits per heavy atom. The molecule has 0 aromatic carbocycles. The quantitative estimate of drug-likeness (QED) is 0.916. The molecule has 0 radical (unpaired) electrons. The number of anilines is 1. The number of hydrogen-bond acceptors (Lipinski definition) is 4. The zero-order valence-electron chi connectivity index (χ0n) is 10.6. The molecule has 1 fully saturated rings. The maximum absolute atomic E-state index is 12.6. The van der Waals surface area contributed by atoms with Crippen molar-refractivity contribution in [2.45, 2.75) is 18.7 Å². The van der Waals surface area contributed by atoms with Crippen molar-refractivity contribution in [3.05, 3.63) is 23.9 Å². The van der Waals surface area contributed by atoms with E-state index in [1.54, 1.807) is 11.8 Å². The van der Waals surface area contributed by atoms with Crippen molar-refractivity contribution in [3.63, 3.8) is 0 Å². The van der Waals surface area contributed by atoms with Crippen LogP contribution in [0.15, 0.2) is 18.3 Å². The van der Waals surface area contributed by atoms with Crippen LogP contribution in [0, 0.1) is 0 Å². The van der Waals surface area contributed by atoms with E-state index in [1.165, 1.54) is 0 Å². The van der Waals surface area contributed by atoms with Gasteiger partial charge >= 0.3 is 12.1 Å². The number of carboxylic acids is 1. The maximum atomic E-state index is 12.6. The lowest BCUT2D eigenvalue weighted by atomic mass is 9.96. The summed E-state index contributed by atoms with van der Waals surface area (Å²) in [5, 5.41) is 8.53. The van der Waals surface area contributed by atoms with E-state index < -0.39 is 29.9 Å². The fraction of sp³-hybridized carbons (Fsp3) is 0.500. The van der Waals surface area contributed by atoms with Crippen LogP contribution in [-0.2, 0) is 15.7 Å². The van der Waals surface area contributed by atoms with E-state index >= 15 is 0 Å². The van der Waals surface area contributed by atoms with Crippen LogP contribution >= 0.6 is 0 Å². The van der Waals surface area contributed by atoms with Crippen LogP contribution < -0.4 is 4.90 Å². The predicted octanol–water partition coefficient (Wildman–Crippen LogP) is 1.78. The molecule has 1 aromatic rings. The van der Waals surface area contributed by atoms with Gasteiger partial charge in [0, 0.05) is 19.3 Å². The zero-order valence-corrected chi connectivity index (χ0v) is 10.6. The van der Waals surface area contributed by atoms with E-state index in [0.29, 0.717) is 13.1 Å². The molecule has 0 atom stereocenters. The number of aromatic nitrogens is 1. The predicted molar refractivity (Wildman–Crippen MR) is 63.4 cm³/mol. The van der Waals surface area contributed by atoms with Gasteiger partial charge < -0.3 is 14.7 Å². The lowest BCUT2D eigenvalue weighted by Gasteiger charge is -2.48. The SMILES string of the molecule is CC1(OCC(=O)O)CN(c2cc(C(F)(F)F)ccn2)C1. The molecule has 2 rings (SSSR count). The molecule has 20 heavy (non-hydrogen) atoms. The summed E-state index contributed by atoms with van der Waals surface area (Å²) in [5.74, 6) is -0.877. The Bertz CT molecular complexity index is 513. The number of carboxylic acid groups (broad SMARTS) is 1. The van der Waals surface area contributed by atoms with Crippen LogP contribution in [0.2, 0.25) is 0 Å². The van der Waals surface area contributed by atoms with Gasteiger partial charge in [0.2, 0.25) is 0 Å². The molecule has 1 N–H and O–H groups in total. The summed E-state index contributed by atoms with van der Waals surface area (Å²) in [6.45, 7) is 1.88. The molecular formula is C12H13F3N2O3. The average Bonchev–Trinajstić information content (AvgIpc) is 2.32. The van der Waals surface area contributed by atoms with Crippen molar-refractivity contribution in [1.82, 2.24) is 4.98 Å². The molecule has 0 amide bonds. The van der Waals surface area contributed by atoms with Gasteiger partial charge in [0.05, 0.1) is 5.56 Å². The molecule has 0 bridgehead atoms. The van der Waals surface area contributed by atoms with Crippen LogP contribution in [0.5, 0.6) is 0 Å². The Morgan fingerprint density at radius 2 is 2.20 bits per heavy atom. The third kappa shape index (κ3) is 3.19. The summed E-state index contributed by atoms with van der Waals surface area (Å²) >= 11 is 0. The van der Waals surface area contributed by atoms with Gasteiger partial charge in [-0.05, 0) is 19.1 Å². The monoisotopic (exact) mass is 290 g/mol. The number of carbonyl (C=O) groups is 1. The van der Waals surface area contributed by atoms with Crippen molar-refractivity contribution in [1.29, 1.82) is 0 Å². The molecule has 1 aliphatic heterocycles. The van der Waals surface area contributed by atoms with Crippen LogP contribution in [0.4, 0.5) is 19.0 Å². The van der Waals surface area contributed by atoms with Crippen molar-refractivity contribution in [2.24, 2.45) is 0 Å². The number of pyridine rings is 1. The molecule has 1 aliphatic rings. The lowest BCUT2D eigenvalue weighted by Crippen LogP contribution is -2.62. The van der Waals surface area contributed by atoms with Crippen molar-refractivity contribution >= 4 is 11.8 Å². The molecule has 2 heterocycles. The van der Waals surface area contributed by atoms with Gasteiger partial charge in [0.1, 0.15) is 18.0 Å². The highest BCUT2D eigenvalue weighted by molar-refractivity contribution is 5.68. The third-order valence-corrected chi connectivity index (χ3v) is 2.99. The topological polar surface area (TPSA) is 62.7 Å². The number of hydrogen-bond donors (Lipinski definition) is 1. The molecule has 0 spiro atoms. The van der Waals surface area contributed by atoms with Gasteiger partial charge in [-0.2, -0.15) is 13.2 Å². The normalized spacial score (nSPS) is 17.7. The molecule has 0 unspecified atom stereocenters. The van der Waals surface area contributed by atoms with Gasteiger partial charge in [-0.3, -0.25) is 0 Å².